The smallest absolute Gasteiger partial charge is 0.163 e. The van der Waals surface area contributed by atoms with Crippen LogP contribution in [0.2, 0.25) is 0 Å². The van der Waals surface area contributed by atoms with Gasteiger partial charge < -0.3 is 14.3 Å². The minimum atomic E-state index is -0.340. The molecule has 1 unspecified atom stereocenters. The number of hydrogen-bond donors (Lipinski definition) is 0. The summed E-state index contributed by atoms with van der Waals surface area (Å²) in [5.41, 5.74) is -0.340. The Morgan fingerprint density at radius 3 is 2.75 bits per heavy atom. The predicted molar refractivity (Wildman–Crippen MR) is 45.3 cm³/mol. The molecule has 0 N–H and O–H groups in total. The topological polar surface area (TPSA) is 40.0 Å². The second-order valence-electron chi connectivity index (χ2n) is 3.23. The monoisotopic (exact) mass is 173 g/mol. The Hall–Kier alpha value is -0.610. The summed E-state index contributed by atoms with van der Waals surface area (Å²) in [6, 6.07) is 0. The van der Waals surface area contributed by atoms with Crippen molar-refractivity contribution in [3.63, 3.8) is 0 Å². The van der Waals surface area contributed by atoms with Crippen LogP contribution < -0.4 is 0 Å². The van der Waals surface area contributed by atoms with E-state index in [0.717, 1.165) is 0 Å². The van der Waals surface area contributed by atoms with Crippen molar-refractivity contribution >= 4 is 6.21 Å². The van der Waals surface area contributed by atoms with E-state index in [1.807, 2.05) is 13.8 Å². The minimum Gasteiger partial charge on any atom is -0.387 e. The number of rotatable bonds is 4. The molecule has 1 rings (SSSR count). The average Bonchev–Trinajstić information content (AvgIpc) is 2.32. The molecular weight excluding hydrogens is 158 g/mol. The van der Waals surface area contributed by atoms with Crippen molar-refractivity contribution in [1.82, 2.24) is 0 Å². The molecular formula is C8H15NO3. The van der Waals surface area contributed by atoms with Gasteiger partial charge in [-0.3, -0.25) is 0 Å². The van der Waals surface area contributed by atoms with Gasteiger partial charge in [0.05, 0.1) is 19.4 Å². The summed E-state index contributed by atoms with van der Waals surface area (Å²) in [6.07, 6.45) is 1.61. The van der Waals surface area contributed by atoms with Gasteiger partial charge in [0.25, 0.3) is 0 Å². The molecule has 1 atom stereocenters. The van der Waals surface area contributed by atoms with Crippen molar-refractivity contribution < 1.29 is 14.3 Å². The molecule has 0 aromatic carbocycles. The maximum atomic E-state index is 5.46. The fourth-order valence-corrected chi connectivity index (χ4v) is 0.955. The van der Waals surface area contributed by atoms with Crippen molar-refractivity contribution in [3.8, 4) is 0 Å². The van der Waals surface area contributed by atoms with Crippen LogP contribution in [0.1, 0.15) is 13.8 Å². The van der Waals surface area contributed by atoms with Gasteiger partial charge in [0.1, 0.15) is 6.10 Å². The lowest BCUT2D eigenvalue weighted by Crippen LogP contribution is -2.37. The fourth-order valence-electron chi connectivity index (χ4n) is 0.955. The minimum absolute atomic E-state index is 0.0624. The molecule has 1 heterocycles. The predicted octanol–water partition coefficient (Wildman–Crippen LogP) is 0.813. The summed E-state index contributed by atoms with van der Waals surface area (Å²) in [5.74, 6) is 0. The first-order valence-corrected chi connectivity index (χ1v) is 3.99. The molecule has 1 aliphatic heterocycles. The third-order valence-corrected chi connectivity index (χ3v) is 1.75. The van der Waals surface area contributed by atoms with Gasteiger partial charge in [-0.05, 0) is 13.8 Å². The van der Waals surface area contributed by atoms with Crippen molar-refractivity contribution in [2.45, 2.75) is 25.6 Å². The molecule has 0 aliphatic carbocycles. The Morgan fingerprint density at radius 2 is 2.25 bits per heavy atom. The number of ether oxygens (including phenoxy) is 2. The number of methoxy groups -OCH3 is 1. The maximum Gasteiger partial charge on any atom is 0.163 e. The first-order valence-electron chi connectivity index (χ1n) is 3.99. The molecule has 4 heteroatoms. The van der Waals surface area contributed by atoms with E-state index in [0.29, 0.717) is 13.2 Å². The van der Waals surface area contributed by atoms with Gasteiger partial charge in [-0.1, -0.05) is 5.16 Å². The van der Waals surface area contributed by atoms with Crippen LogP contribution in [0.3, 0.4) is 0 Å². The van der Waals surface area contributed by atoms with Crippen molar-refractivity contribution in [1.29, 1.82) is 0 Å². The number of oxime groups is 1. The van der Waals surface area contributed by atoms with E-state index in [-0.39, 0.29) is 11.7 Å². The second kappa shape index (κ2) is 3.87. The van der Waals surface area contributed by atoms with E-state index in [9.17, 15) is 0 Å². The third-order valence-electron chi connectivity index (χ3n) is 1.75. The number of hydrogen-bond acceptors (Lipinski definition) is 4. The summed E-state index contributed by atoms with van der Waals surface area (Å²) in [7, 11) is 1.65. The summed E-state index contributed by atoms with van der Waals surface area (Å²) >= 11 is 0. The Balaban J connectivity index is 2.27. The number of nitrogens with zero attached hydrogens (tertiary/aromatic N) is 1. The second-order valence-corrected chi connectivity index (χ2v) is 3.23. The van der Waals surface area contributed by atoms with Crippen molar-refractivity contribution in [2.24, 2.45) is 5.16 Å². The Labute approximate surface area is 72.5 Å². The zero-order chi connectivity index (χ0) is 9.03. The zero-order valence-electron chi connectivity index (χ0n) is 7.74. The molecule has 0 amide bonds. The largest absolute Gasteiger partial charge is 0.387 e. The van der Waals surface area contributed by atoms with Crippen LogP contribution >= 0.6 is 0 Å². The van der Waals surface area contributed by atoms with Gasteiger partial charge in [0.2, 0.25) is 0 Å². The summed E-state index contributed by atoms with van der Waals surface area (Å²) in [4.78, 5) is 5.09. The molecule has 0 saturated heterocycles. The summed E-state index contributed by atoms with van der Waals surface area (Å²) < 4.78 is 10.3. The maximum absolute atomic E-state index is 5.46. The molecule has 70 valence electrons. The highest BCUT2D eigenvalue weighted by Gasteiger charge is 2.35. The SMILES string of the molecule is COCCOC1C=NOC1(C)C. The third kappa shape index (κ3) is 2.19. The first-order chi connectivity index (χ1) is 5.67. The van der Waals surface area contributed by atoms with Gasteiger partial charge in [-0.15, -0.1) is 0 Å². The van der Waals surface area contributed by atoms with Crippen LogP contribution in [-0.2, 0) is 14.3 Å². The normalized spacial score (nSPS) is 25.8. The summed E-state index contributed by atoms with van der Waals surface area (Å²) in [6.45, 7) is 5.05. The Kier molecular flexibility index (Phi) is 3.05. The Bertz CT molecular complexity index is 168. The molecule has 0 fully saturated rings. The van der Waals surface area contributed by atoms with Crippen LogP contribution in [0, 0.1) is 0 Å². The molecule has 1 aliphatic rings. The summed E-state index contributed by atoms with van der Waals surface area (Å²) in [5, 5.41) is 3.71. The van der Waals surface area contributed by atoms with E-state index in [1.165, 1.54) is 0 Å². The van der Waals surface area contributed by atoms with Gasteiger partial charge >= 0.3 is 0 Å². The van der Waals surface area contributed by atoms with E-state index >= 15 is 0 Å². The lowest BCUT2D eigenvalue weighted by atomic mass is 10.0. The highest BCUT2D eigenvalue weighted by atomic mass is 16.7. The zero-order valence-corrected chi connectivity index (χ0v) is 7.74. The lowest BCUT2D eigenvalue weighted by Gasteiger charge is -2.22. The first kappa shape index (κ1) is 9.48. The molecule has 0 aromatic rings. The van der Waals surface area contributed by atoms with Crippen LogP contribution in [0.5, 0.6) is 0 Å². The van der Waals surface area contributed by atoms with Crippen LogP contribution in [-0.4, -0.2) is 38.2 Å². The molecule has 12 heavy (non-hydrogen) atoms. The highest BCUT2D eigenvalue weighted by molar-refractivity contribution is 5.66. The van der Waals surface area contributed by atoms with E-state index in [2.05, 4.69) is 5.16 Å². The van der Waals surface area contributed by atoms with Gasteiger partial charge in [0.15, 0.2) is 5.60 Å². The average molecular weight is 173 g/mol. The van der Waals surface area contributed by atoms with E-state index in [4.69, 9.17) is 14.3 Å². The van der Waals surface area contributed by atoms with E-state index in [1.54, 1.807) is 13.3 Å². The highest BCUT2D eigenvalue weighted by Crippen LogP contribution is 2.21. The molecule has 0 radical (unpaired) electrons. The van der Waals surface area contributed by atoms with Gasteiger partial charge in [0, 0.05) is 7.11 Å². The van der Waals surface area contributed by atoms with E-state index < -0.39 is 0 Å². The van der Waals surface area contributed by atoms with Crippen LogP contribution in [0.15, 0.2) is 5.16 Å². The van der Waals surface area contributed by atoms with Gasteiger partial charge in [-0.2, -0.15) is 0 Å². The van der Waals surface area contributed by atoms with Crippen LogP contribution in [0.25, 0.3) is 0 Å². The van der Waals surface area contributed by atoms with Crippen molar-refractivity contribution in [3.05, 3.63) is 0 Å². The lowest BCUT2D eigenvalue weighted by molar-refractivity contribution is -0.0805. The van der Waals surface area contributed by atoms with Gasteiger partial charge in [-0.25, -0.2) is 0 Å². The standard InChI is InChI=1S/C8H15NO3/c1-8(2)7(6-9-12-8)11-5-4-10-3/h6-7H,4-5H2,1-3H3. The quantitative estimate of drug-likeness (QED) is 0.591. The molecule has 0 bridgehead atoms. The molecule has 0 saturated carbocycles. The fraction of sp³-hybridized carbons (Fsp3) is 0.875. The van der Waals surface area contributed by atoms with Crippen molar-refractivity contribution in [2.75, 3.05) is 20.3 Å². The molecule has 0 aromatic heterocycles. The Morgan fingerprint density at radius 1 is 1.50 bits per heavy atom. The molecule has 0 spiro atoms. The molecule has 4 nitrogen and oxygen atoms in total. The van der Waals surface area contributed by atoms with Crippen LogP contribution in [0.4, 0.5) is 0 Å².